The van der Waals surface area contributed by atoms with Gasteiger partial charge in [0.15, 0.2) is 0 Å². The van der Waals surface area contributed by atoms with Gasteiger partial charge in [0.1, 0.15) is 6.17 Å². The van der Waals surface area contributed by atoms with Crippen LogP contribution in [0.1, 0.15) is 35.2 Å². The van der Waals surface area contributed by atoms with Crippen molar-refractivity contribution >= 4 is 11.6 Å². The van der Waals surface area contributed by atoms with Crippen LogP contribution < -0.4 is 5.32 Å². The first-order chi connectivity index (χ1) is 9.24. The van der Waals surface area contributed by atoms with Gasteiger partial charge in [-0.2, -0.15) is 0 Å². The van der Waals surface area contributed by atoms with Crippen molar-refractivity contribution in [1.29, 1.82) is 0 Å². The predicted octanol–water partition coefficient (Wildman–Crippen LogP) is 2.62. The van der Waals surface area contributed by atoms with Crippen molar-refractivity contribution in [2.45, 2.75) is 31.9 Å². The fourth-order valence-electron chi connectivity index (χ4n) is 2.84. The van der Waals surface area contributed by atoms with Crippen molar-refractivity contribution in [2.24, 2.45) is 0 Å². The van der Waals surface area contributed by atoms with Gasteiger partial charge in [-0.05, 0) is 49.4 Å². The van der Waals surface area contributed by atoms with E-state index in [0.717, 1.165) is 30.6 Å². The molecule has 1 aromatic rings. The molecule has 0 saturated carbocycles. The van der Waals surface area contributed by atoms with Gasteiger partial charge in [-0.3, -0.25) is 4.79 Å². The summed E-state index contributed by atoms with van der Waals surface area (Å²) in [6, 6.07) is 5.86. The van der Waals surface area contributed by atoms with Gasteiger partial charge < -0.3 is 10.2 Å². The lowest BCUT2D eigenvalue weighted by molar-refractivity contribution is 0.0667. The molecule has 3 nitrogen and oxygen atoms in total. The Bertz CT molecular complexity index is 481. The summed E-state index contributed by atoms with van der Waals surface area (Å²) in [6.07, 6.45) is 2.33. The van der Waals surface area contributed by atoms with Crippen LogP contribution in [0.15, 0.2) is 18.2 Å². The number of fused-ring (bicyclic) bond motifs is 1. The second-order valence-corrected chi connectivity index (χ2v) is 5.37. The zero-order valence-corrected chi connectivity index (χ0v) is 11.0. The van der Waals surface area contributed by atoms with E-state index in [1.54, 1.807) is 4.90 Å². The molecule has 0 aromatic heterocycles. The van der Waals surface area contributed by atoms with Crippen LogP contribution >= 0.6 is 0 Å². The number of carbonyl (C=O) groups excluding carboxylic acids is 1. The summed E-state index contributed by atoms with van der Waals surface area (Å²) in [6.45, 7) is 2.08. The number of rotatable bonds is 1. The number of likely N-dealkylation sites (tertiary alicyclic amines) is 1. The van der Waals surface area contributed by atoms with Crippen LogP contribution in [0, 0.1) is 0 Å². The van der Waals surface area contributed by atoms with E-state index in [1.807, 2.05) is 18.2 Å². The summed E-state index contributed by atoms with van der Waals surface area (Å²) in [4.78, 5) is 14.1. The molecule has 0 spiro atoms. The number of halogens is 1. The van der Waals surface area contributed by atoms with Crippen molar-refractivity contribution in [3.8, 4) is 0 Å². The Morgan fingerprint density at radius 3 is 2.89 bits per heavy atom. The van der Waals surface area contributed by atoms with E-state index in [4.69, 9.17) is 0 Å². The Balaban J connectivity index is 1.76. The number of aryl methyl sites for hydroxylation is 1. The minimum atomic E-state index is -0.739. The molecular weight excluding hydrogens is 243 g/mol. The van der Waals surface area contributed by atoms with E-state index in [1.165, 1.54) is 5.56 Å². The lowest BCUT2D eigenvalue weighted by Crippen LogP contribution is -2.39. The highest BCUT2D eigenvalue weighted by Gasteiger charge is 2.23. The van der Waals surface area contributed by atoms with Gasteiger partial charge in [0.2, 0.25) is 0 Å². The van der Waals surface area contributed by atoms with Crippen molar-refractivity contribution < 1.29 is 9.18 Å². The summed E-state index contributed by atoms with van der Waals surface area (Å²) in [7, 11) is 0. The van der Waals surface area contributed by atoms with E-state index >= 15 is 0 Å². The number of carbonyl (C=O) groups is 1. The van der Waals surface area contributed by atoms with Crippen LogP contribution in [0.4, 0.5) is 10.1 Å². The molecule has 1 saturated heterocycles. The molecule has 1 aromatic carbocycles. The quantitative estimate of drug-likeness (QED) is 0.843. The van der Waals surface area contributed by atoms with Gasteiger partial charge in [-0.25, -0.2) is 4.39 Å². The molecule has 2 heterocycles. The van der Waals surface area contributed by atoms with E-state index in [9.17, 15) is 9.18 Å². The molecular formula is C15H19FN2O. The van der Waals surface area contributed by atoms with Crippen LogP contribution in [0.3, 0.4) is 0 Å². The molecule has 1 fully saturated rings. The second-order valence-electron chi connectivity index (χ2n) is 5.37. The van der Waals surface area contributed by atoms with Gasteiger partial charge in [0.05, 0.1) is 0 Å². The van der Waals surface area contributed by atoms with Gasteiger partial charge in [-0.1, -0.05) is 0 Å². The summed E-state index contributed by atoms with van der Waals surface area (Å²) < 4.78 is 13.1. The molecule has 0 radical (unpaired) electrons. The highest BCUT2D eigenvalue weighted by atomic mass is 19.1. The Kier molecular flexibility index (Phi) is 3.40. The standard InChI is InChI=1S/C15H19FN2O/c16-13-5-8-18(9-6-13)15(19)12-3-4-14-11(10-12)2-1-7-17-14/h3-4,10,13,17H,1-2,5-9H2. The Morgan fingerprint density at radius 1 is 1.32 bits per heavy atom. The highest BCUT2D eigenvalue weighted by molar-refractivity contribution is 5.95. The molecule has 2 aliphatic heterocycles. The topological polar surface area (TPSA) is 32.3 Å². The van der Waals surface area contributed by atoms with Crippen molar-refractivity contribution in [2.75, 3.05) is 25.0 Å². The SMILES string of the molecule is O=C(c1ccc2c(c1)CCCN2)N1CCC(F)CC1. The Labute approximate surface area is 112 Å². The Morgan fingerprint density at radius 2 is 2.11 bits per heavy atom. The monoisotopic (exact) mass is 262 g/mol. The van der Waals surface area contributed by atoms with E-state index in [2.05, 4.69) is 5.32 Å². The molecule has 0 aliphatic carbocycles. The summed E-state index contributed by atoms with van der Waals surface area (Å²) in [5.74, 6) is 0.0419. The fourth-order valence-corrected chi connectivity index (χ4v) is 2.84. The largest absolute Gasteiger partial charge is 0.385 e. The molecule has 0 unspecified atom stereocenters. The van der Waals surface area contributed by atoms with Crippen LogP contribution in [0.5, 0.6) is 0 Å². The number of benzene rings is 1. The van der Waals surface area contributed by atoms with Crippen LogP contribution in [0.25, 0.3) is 0 Å². The molecule has 3 rings (SSSR count). The first-order valence-corrected chi connectivity index (χ1v) is 7.04. The zero-order chi connectivity index (χ0) is 13.2. The molecule has 1 amide bonds. The molecule has 19 heavy (non-hydrogen) atoms. The summed E-state index contributed by atoms with van der Waals surface area (Å²) in [5.41, 5.74) is 3.10. The van der Waals surface area contributed by atoms with Gasteiger partial charge in [0.25, 0.3) is 5.91 Å². The molecule has 102 valence electrons. The van der Waals surface area contributed by atoms with Crippen molar-refractivity contribution in [3.05, 3.63) is 29.3 Å². The smallest absolute Gasteiger partial charge is 0.253 e. The molecule has 1 N–H and O–H groups in total. The number of alkyl halides is 1. The average Bonchev–Trinajstić information content (AvgIpc) is 2.47. The molecule has 4 heteroatoms. The van der Waals surface area contributed by atoms with E-state index in [-0.39, 0.29) is 5.91 Å². The van der Waals surface area contributed by atoms with Gasteiger partial charge in [0, 0.05) is 30.9 Å². The first kappa shape index (κ1) is 12.5. The number of amides is 1. The number of hydrogen-bond donors (Lipinski definition) is 1. The number of nitrogens with zero attached hydrogens (tertiary/aromatic N) is 1. The summed E-state index contributed by atoms with van der Waals surface area (Å²) >= 11 is 0. The molecule has 2 aliphatic rings. The van der Waals surface area contributed by atoms with Crippen LogP contribution in [0.2, 0.25) is 0 Å². The van der Waals surface area contributed by atoms with E-state index in [0.29, 0.717) is 25.9 Å². The summed E-state index contributed by atoms with van der Waals surface area (Å²) in [5, 5.41) is 3.34. The third-order valence-corrected chi connectivity index (χ3v) is 4.00. The second kappa shape index (κ2) is 5.19. The minimum Gasteiger partial charge on any atom is -0.385 e. The van der Waals surface area contributed by atoms with E-state index < -0.39 is 6.17 Å². The number of nitrogens with one attached hydrogen (secondary N) is 1. The number of hydrogen-bond acceptors (Lipinski definition) is 2. The maximum Gasteiger partial charge on any atom is 0.253 e. The minimum absolute atomic E-state index is 0.0419. The predicted molar refractivity (Wildman–Crippen MR) is 73.3 cm³/mol. The maximum atomic E-state index is 13.1. The molecule has 0 atom stereocenters. The lowest BCUT2D eigenvalue weighted by atomic mass is 9.99. The fraction of sp³-hybridized carbons (Fsp3) is 0.533. The number of piperidine rings is 1. The first-order valence-electron chi connectivity index (χ1n) is 7.04. The number of anilines is 1. The third-order valence-electron chi connectivity index (χ3n) is 4.00. The van der Waals surface area contributed by atoms with Gasteiger partial charge in [-0.15, -0.1) is 0 Å². The normalized spacial score (nSPS) is 19.7. The average molecular weight is 262 g/mol. The van der Waals surface area contributed by atoms with Crippen LogP contribution in [-0.4, -0.2) is 36.6 Å². The van der Waals surface area contributed by atoms with Gasteiger partial charge >= 0.3 is 0 Å². The third kappa shape index (κ3) is 2.57. The Hall–Kier alpha value is -1.58. The maximum absolute atomic E-state index is 13.1. The highest BCUT2D eigenvalue weighted by Crippen LogP contribution is 2.24. The lowest BCUT2D eigenvalue weighted by Gasteiger charge is -2.29. The van der Waals surface area contributed by atoms with Crippen LogP contribution in [-0.2, 0) is 6.42 Å². The van der Waals surface area contributed by atoms with Crippen molar-refractivity contribution in [3.63, 3.8) is 0 Å². The van der Waals surface area contributed by atoms with Crippen molar-refractivity contribution in [1.82, 2.24) is 4.90 Å². The zero-order valence-electron chi connectivity index (χ0n) is 11.0. The molecule has 0 bridgehead atoms.